The van der Waals surface area contributed by atoms with E-state index in [1.807, 2.05) is 0 Å². The van der Waals surface area contributed by atoms with E-state index >= 15 is 0 Å². The molecule has 0 heterocycles. The van der Waals surface area contributed by atoms with Gasteiger partial charge in [-0.05, 0) is 45.6 Å². The van der Waals surface area contributed by atoms with Crippen LogP contribution in [0.2, 0.25) is 0 Å². The van der Waals surface area contributed by atoms with Crippen LogP contribution in [-0.4, -0.2) is 7.05 Å². The highest BCUT2D eigenvalue weighted by molar-refractivity contribution is 5.15. The summed E-state index contributed by atoms with van der Waals surface area (Å²) < 4.78 is 0. The van der Waals surface area contributed by atoms with E-state index in [-0.39, 0.29) is 0 Å². The Hall–Kier alpha value is -0.300. The highest BCUT2D eigenvalue weighted by Crippen LogP contribution is 2.37. The summed E-state index contributed by atoms with van der Waals surface area (Å²) in [5.74, 6) is 0. The molecule has 12 heavy (non-hydrogen) atoms. The van der Waals surface area contributed by atoms with Crippen molar-refractivity contribution in [1.29, 1.82) is 0 Å². The summed E-state index contributed by atoms with van der Waals surface area (Å²) >= 11 is 0. The van der Waals surface area contributed by atoms with Crippen molar-refractivity contribution >= 4 is 0 Å². The van der Waals surface area contributed by atoms with Crippen molar-refractivity contribution in [3.8, 4) is 0 Å². The lowest BCUT2D eigenvalue weighted by Crippen LogP contribution is -2.16. The van der Waals surface area contributed by atoms with Crippen molar-refractivity contribution in [2.45, 2.75) is 47.0 Å². The number of nitrogens with two attached hydrogens (primary N) is 1. The second-order valence-electron chi connectivity index (χ2n) is 4.40. The third-order valence-corrected chi connectivity index (χ3v) is 2.65. The Bertz CT molecular complexity index is 166. The molecule has 0 aromatic rings. The summed E-state index contributed by atoms with van der Waals surface area (Å²) in [6, 6.07) is 0. The van der Waals surface area contributed by atoms with E-state index in [1.165, 1.54) is 26.3 Å². The minimum atomic E-state index is 0.573. The van der Waals surface area contributed by atoms with Crippen LogP contribution in [0.5, 0.6) is 0 Å². The Labute approximate surface area is 77.0 Å². The van der Waals surface area contributed by atoms with Gasteiger partial charge in [0.25, 0.3) is 0 Å². The summed E-state index contributed by atoms with van der Waals surface area (Å²) in [5, 5.41) is 0. The van der Waals surface area contributed by atoms with E-state index in [1.54, 1.807) is 11.1 Å². The Kier molecular flexibility index (Phi) is 4.54. The zero-order valence-corrected chi connectivity index (χ0v) is 9.20. The average molecular weight is 169 g/mol. The summed E-state index contributed by atoms with van der Waals surface area (Å²) in [5.41, 5.74) is 8.32. The predicted octanol–water partition coefficient (Wildman–Crippen LogP) is 3.11. The lowest BCUT2D eigenvalue weighted by atomic mass is 9.75. The van der Waals surface area contributed by atoms with Gasteiger partial charge in [-0.1, -0.05) is 25.0 Å². The molecule has 2 N–H and O–H groups in total. The molecule has 0 amide bonds. The zero-order chi connectivity index (χ0) is 9.78. The first-order valence-electron chi connectivity index (χ1n) is 4.74. The largest absolute Gasteiger partial charge is 0.333 e. The molecule has 0 spiro atoms. The molecule has 0 radical (unpaired) electrons. The minimum absolute atomic E-state index is 0.573. The van der Waals surface area contributed by atoms with Crippen LogP contribution in [-0.2, 0) is 0 Å². The molecule has 0 fully saturated rings. The smallest absolute Gasteiger partial charge is 0.0195 e. The van der Waals surface area contributed by atoms with Gasteiger partial charge in [-0.3, -0.25) is 0 Å². The molecule has 0 unspecified atom stereocenters. The summed E-state index contributed by atoms with van der Waals surface area (Å²) in [7, 11) is 1.50. The molecule has 0 aromatic carbocycles. The second kappa shape index (κ2) is 4.66. The first-order chi connectivity index (χ1) is 5.51. The highest BCUT2D eigenvalue weighted by atomic mass is 14.4. The molecule has 1 rings (SSSR count). The number of allylic oxidation sites excluding steroid dienone is 2. The quantitative estimate of drug-likeness (QED) is 0.554. The van der Waals surface area contributed by atoms with Crippen molar-refractivity contribution in [3.63, 3.8) is 0 Å². The number of hydrogen-bond donors (Lipinski definition) is 1. The monoisotopic (exact) mass is 169 g/mol. The fourth-order valence-electron chi connectivity index (χ4n) is 1.70. The van der Waals surface area contributed by atoms with Crippen LogP contribution in [0.3, 0.4) is 0 Å². The summed E-state index contributed by atoms with van der Waals surface area (Å²) in [4.78, 5) is 0. The molecule has 1 aliphatic carbocycles. The van der Waals surface area contributed by atoms with E-state index in [2.05, 4.69) is 33.4 Å². The van der Waals surface area contributed by atoms with E-state index in [0.717, 1.165) is 0 Å². The topological polar surface area (TPSA) is 26.0 Å². The van der Waals surface area contributed by atoms with Crippen LogP contribution in [0.25, 0.3) is 0 Å². The molecular formula is C11H23N. The van der Waals surface area contributed by atoms with Gasteiger partial charge in [0.15, 0.2) is 0 Å². The average Bonchev–Trinajstić information content (AvgIpc) is 2.01. The molecule has 1 nitrogen and oxygen atoms in total. The van der Waals surface area contributed by atoms with Crippen LogP contribution in [0.15, 0.2) is 11.1 Å². The van der Waals surface area contributed by atoms with Gasteiger partial charge in [0.1, 0.15) is 0 Å². The lowest BCUT2D eigenvalue weighted by molar-refractivity contribution is 0.314. The summed E-state index contributed by atoms with van der Waals surface area (Å²) in [6.07, 6.45) is 3.99. The lowest BCUT2D eigenvalue weighted by Gasteiger charge is -2.30. The fraction of sp³-hybridized carbons (Fsp3) is 0.818. The van der Waals surface area contributed by atoms with E-state index in [4.69, 9.17) is 0 Å². The van der Waals surface area contributed by atoms with E-state index in [9.17, 15) is 0 Å². The third kappa shape index (κ3) is 3.40. The molecule has 72 valence electrons. The van der Waals surface area contributed by atoms with E-state index in [0.29, 0.717) is 5.41 Å². The van der Waals surface area contributed by atoms with Gasteiger partial charge < -0.3 is 5.73 Å². The third-order valence-electron chi connectivity index (χ3n) is 2.65. The Balaban J connectivity index is 0.000000561. The van der Waals surface area contributed by atoms with Crippen molar-refractivity contribution in [3.05, 3.63) is 11.1 Å². The zero-order valence-electron chi connectivity index (χ0n) is 9.20. The van der Waals surface area contributed by atoms with Crippen LogP contribution in [0.1, 0.15) is 47.0 Å². The maximum Gasteiger partial charge on any atom is -0.0195 e. The second-order valence-corrected chi connectivity index (χ2v) is 4.40. The van der Waals surface area contributed by atoms with Crippen molar-refractivity contribution in [2.24, 2.45) is 11.1 Å². The van der Waals surface area contributed by atoms with Crippen molar-refractivity contribution in [2.75, 3.05) is 7.05 Å². The van der Waals surface area contributed by atoms with Crippen LogP contribution >= 0.6 is 0 Å². The Morgan fingerprint density at radius 3 is 1.92 bits per heavy atom. The Morgan fingerprint density at radius 2 is 1.58 bits per heavy atom. The predicted molar refractivity (Wildman–Crippen MR) is 56.1 cm³/mol. The van der Waals surface area contributed by atoms with Gasteiger partial charge in [-0.25, -0.2) is 0 Å². The molecule has 0 atom stereocenters. The maximum atomic E-state index is 4.50. The molecular weight excluding hydrogens is 146 g/mol. The molecule has 0 bridgehead atoms. The van der Waals surface area contributed by atoms with E-state index < -0.39 is 0 Å². The summed E-state index contributed by atoms with van der Waals surface area (Å²) in [6.45, 7) is 9.27. The first kappa shape index (κ1) is 11.7. The standard InChI is InChI=1S/C10H18.CH5N/c1-8-5-6-10(3,4)7-9(8)2;1-2/h5-7H2,1-4H3;2H2,1H3. The van der Waals surface area contributed by atoms with Gasteiger partial charge in [0.2, 0.25) is 0 Å². The first-order valence-corrected chi connectivity index (χ1v) is 4.74. The SMILES string of the molecule is CC1=C(C)CC(C)(C)CC1.CN. The molecule has 0 saturated carbocycles. The van der Waals surface area contributed by atoms with Gasteiger partial charge in [-0.2, -0.15) is 0 Å². The van der Waals surface area contributed by atoms with Gasteiger partial charge in [0, 0.05) is 0 Å². The maximum absolute atomic E-state index is 4.50. The molecule has 0 aromatic heterocycles. The normalized spacial score (nSPS) is 21.5. The van der Waals surface area contributed by atoms with Crippen molar-refractivity contribution < 1.29 is 0 Å². The fourth-order valence-corrected chi connectivity index (χ4v) is 1.70. The molecule has 1 aliphatic rings. The number of rotatable bonds is 0. The van der Waals surface area contributed by atoms with Crippen LogP contribution in [0, 0.1) is 5.41 Å². The molecule has 0 aliphatic heterocycles. The van der Waals surface area contributed by atoms with Gasteiger partial charge in [-0.15, -0.1) is 0 Å². The highest BCUT2D eigenvalue weighted by Gasteiger charge is 2.22. The van der Waals surface area contributed by atoms with Gasteiger partial charge >= 0.3 is 0 Å². The van der Waals surface area contributed by atoms with Crippen LogP contribution in [0.4, 0.5) is 0 Å². The minimum Gasteiger partial charge on any atom is -0.333 e. The van der Waals surface area contributed by atoms with Crippen LogP contribution < -0.4 is 5.73 Å². The molecule has 0 saturated heterocycles. The van der Waals surface area contributed by atoms with Gasteiger partial charge in [0.05, 0.1) is 0 Å². The molecule has 1 heteroatoms. The Morgan fingerprint density at radius 1 is 1.08 bits per heavy atom. The number of hydrogen-bond acceptors (Lipinski definition) is 1. The van der Waals surface area contributed by atoms with Crippen molar-refractivity contribution in [1.82, 2.24) is 0 Å².